The van der Waals surface area contributed by atoms with Crippen LogP contribution < -0.4 is 5.32 Å². The van der Waals surface area contributed by atoms with E-state index in [1.54, 1.807) is 18.2 Å². The highest BCUT2D eigenvalue weighted by Crippen LogP contribution is 2.17. The number of amides is 1. The van der Waals surface area contributed by atoms with Crippen LogP contribution in [0.4, 0.5) is 4.39 Å². The van der Waals surface area contributed by atoms with E-state index in [1.165, 1.54) is 6.07 Å². The van der Waals surface area contributed by atoms with Gasteiger partial charge in [-0.15, -0.1) is 0 Å². The quantitative estimate of drug-likeness (QED) is 0.776. The molecule has 2 N–H and O–H groups in total. The van der Waals surface area contributed by atoms with E-state index in [9.17, 15) is 9.18 Å². The van der Waals surface area contributed by atoms with Gasteiger partial charge in [-0.25, -0.2) is 4.39 Å². The number of aromatic nitrogens is 2. The lowest BCUT2D eigenvalue weighted by atomic mass is 10.1. The summed E-state index contributed by atoms with van der Waals surface area (Å²) in [5.41, 5.74) is 2.62. The molecule has 1 heterocycles. The summed E-state index contributed by atoms with van der Waals surface area (Å²) in [4.78, 5) is 12.2. The minimum absolute atomic E-state index is 0.131. The summed E-state index contributed by atoms with van der Waals surface area (Å²) in [6.45, 7) is 2.08. The number of hydrogen-bond donors (Lipinski definition) is 2. The molecule has 5 heteroatoms. The second kappa shape index (κ2) is 5.36. The molecule has 0 saturated heterocycles. The predicted octanol–water partition coefficient (Wildman–Crippen LogP) is 2.94. The van der Waals surface area contributed by atoms with Gasteiger partial charge in [-0.3, -0.25) is 9.89 Å². The van der Waals surface area contributed by atoms with E-state index in [0.29, 0.717) is 11.3 Å². The van der Waals surface area contributed by atoms with Crippen molar-refractivity contribution >= 4 is 16.8 Å². The third-order valence-electron chi connectivity index (χ3n) is 3.33. The van der Waals surface area contributed by atoms with Crippen molar-refractivity contribution in [2.75, 3.05) is 0 Å². The Bertz CT molecular complexity index is 810. The molecule has 0 spiro atoms. The van der Waals surface area contributed by atoms with Gasteiger partial charge in [0.15, 0.2) is 5.69 Å². The van der Waals surface area contributed by atoms with E-state index >= 15 is 0 Å². The third kappa shape index (κ3) is 2.63. The topological polar surface area (TPSA) is 57.8 Å². The summed E-state index contributed by atoms with van der Waals surface area (Å²) in [6.07, 6.45) is 0. The average molecular weight is 283 g/mol. The van der Waals surface area contributed by atoms with Gasteiger partial charge < -0.3 is 5.32 Å². The average Bonchev–Trinajstić information content (AvgIpc) is 2.89. The number of nitrogens with zero attached hydrogens (tertiary/aromatic N) is 1. The molecule has 0 unspecified atom stereocenters. The van der Waals surface area contributed by atoms with Gasteiger partial charge in [0, 0.05) is 17.5 Å². The zero-order chi connectivity index (χ0) is 14.8. The highest BCUT2D eigenvalue weighted by molar-refractivity contribution is 6.04. The molecule has 0 saturated carbocycles. The van der Waals surface area contributed by atoms with Crippen LogP contribution in [0.25, 0.3) is 10.9 Å². The van der Waals surface area contributed by atoms with E-state index in [-0.39, 0.29) is 18.3 Å². The van der Waals surface area contributed by atoms with Crippen LogP contribution in [0.5, 0.6) is 0 Å². The van der Waals surface area contributed by atoms with Crippen LogP contribution in [-0.2, 0) is 6.54 Å². The fraction of sp³-hybridized carbons (Fsp3) is 0.125. The van der Waals surface area contributed by atoms with E-state index in [4.69, 9.17) is 0 Å². The third-order valence-corrected chi connectivity index (χ3v) is 3.33. The Morgan fingerprint density at radius 3 is 2.90 bits per heavy atom. The maximum absolute atomic E-state index is 13.5. The number of benzene rings is 2. The predicted molar refractivity (Wildman–Crippen MR) is 78.4 cm³/mol. The maximum atomic E-state index is 13.5. The molecule has 0 bridgehead atoms. The summed E-state index contributed by atoms with van der Waals surface area (Å²) < 4.78 is 13.5. The summed E-state index contributed by atoms with van der Waals surface area (Å²) in [6, 6.07) is 12.1. The molecular weight excluding hydrogens is 269 g/mol. The Morgan fingerprint density at radius 2 is 2.10 bits per heavy atom. The molecule has 0 atom stereocenters. The van der Waals surface area contributed by atoms with Crippen molar-refractivity contribution in [1.82, 2.24) is 15.5 Å². The van der Waals surface area contributed by atoms with Crippen LogP contribution in [-0.4, -0.2) is 16.1 Å². The highest BCUT2D eigenvalue weighted by Gasteiger charge is 2.14. The number of halogens is 1. The summed E-state index contributed by atoms with van der Waals surface area (Å²) in [7, 11) is 0. The van der Waals surface area contributed by atoms with Crippen molar-refractivity contribution in [2.24, 2.45) is 0 Å². The first-order chi connectivity index (χ1) is 10.1. The fourth-order valence-electron chi connectivity index (χ4n) is 2.20. The van der Waals surface area contributed by atoms with Crippen molar-refractivity contribution in [3.05, 3.63) is 65.1 Å². The van der Waals surface area contributed by atoms with E-state index in [2.05, 4.69) is 15.5 Å². The lowest BCUT2D eigenvalue weighted by molar-refractivity contribution is 0.0947. The number of hydrogen-bond acceptors (Lipinski definition) is 2. The standard InChI is InChI=1S/C16H14FN3O/c1-10-6-7-14-12(8-10)15(20-19-14)16(21)18-9-11-4-2-3-5-13(11)17/h2-8H,9H2,1H3,(H,18,21)(H,19,20). The molecule has 0 aliphatic carbocycles. The van der Waals surface area contributed by atoms with Gasteiger partial charge >= 0.3 is 0 Å². The molecule has 0 fully saturated rings. The van der Waals surface area contributed by atoms with Gasteiger partial charge in [0.1, 0.15) is 5.82 Å². The Hall–Kier alpha value is -2.69. The molecule has 3 rings (SSSR count). The largest absolute Gasteiger partial charge is 0.346 e. The smallest absolute Gasteiger partial charge is 0.272 e. The van der Waals surface area contributed by atoms with Crippen molar-refractivity contribution < 1.29 is 9.18 Å². The van der Waals surface area contributed by atoms with Gasteiger partial charge in [-0.1, -0.05) is 29.8 Å². The fourth-order valence-corrected chi connectivity index (χ4v) is 2.20. The number of carbonyl (C=O) groups excluding carboxylic acids is 1. The lowest BCUT2D eigenvalue weighted by Gasteiger charge is -2.05. The molecule has 2 aromatic carbocycles. The summed E-state index contributed by atoms with van der Waals surface area (Å²) in [5.74, 6) is -0.657. The number of aromatic amines is 1. The van der Waals surface area contributed by atoms with E-state index in [0.717, 1.165) is 16.5 Å². The first kappa shape index (κ1) is 13.3. The van der Waals surface area contributed by atoms with E-state index in [1.807, 2.05) is 25.1 Å². The maximum Gasteiger partial charge on any atom is 0.272 e. The summed E-state index contributed by atoms with van der Waals surface area (Å²) >= 11 is 0. The van der Waals surface area contributed by atoms with Crippen molar-refractivity contribution in [1.29, 1.82) is 0 Å². The molecule has 1 amide bonds. The van der Waals surface area contributed by atoms with Crippen LogP contribution >= 0.6 is 0 Å². The van der Waals surface area contributed by atoms with Crippen molar-refractivity contribution in [3.8, 4) is 0 Å². The number of carbonyl (C=O) groups is 1. The van der Waals surface area contributed by atoms with Crippen molar-refractivity contribution in [3.63, 3.8) is 0 Å². The minimum Gasteiger partial charge on any atom is -0.346 e. The molecule has 0 aliphatic heterocycles. The van der Waals surface area contributed by atoms with Crippen LogP contribution in [0.1, 0.15) is 21.6 Å². The normalized spacial score (nSPS) is 10.8. The molecule has 21 heavy (non-hydrogen) atoms. The van der Waals surface area contributed by atoms with Crippen LogP contribution in [0.15, 0.2) is 42.5 Å². The van der Waals surface area contributed by atoms with Crippen molar-refractivity contribution in [2.45, 2.75) is 13.5 Å². The van der Waals surface area contributed by atoms with Crippen LogP contribution in [0.2, 0.25) is 0 Å². The van der Waals surface area contributed by atoms with Gasteiger partial charge in [-0.05, 0) is 25.1 Å². The highest BCUT2D eigenvalue weighted by atomic mass is 19.1. The Labute approximate surface area is 121 Å². The molecular formula is C16H14FN3O. The lowest BCUT2D eigenvalue weighted by Crippen LogP contribution is -2.23. The number of nitrogens with one attached hydrogen (secondary N) is 2. The Kier molecular flexibility index (Phi) is 3.39. The van der Waals surface area contributed by atoms with E-state index < -0.39 is 0 Å². The summed E-state index contributed by atoms with van der Waals surface area (Å²) in [5, 5.41) is 10.3. The van der Waals surface area contributed by atoms with Crippen LogP contribution in [0, 0.1) is 12.7 Å². The van der Waals surface area contributed by atoms with Gasteiger partial charge in [-0.2, -0.15) is 5.10 Å². The molecule has 4 nitrogen and oxygen atoms in total. The second-order valence-electron chi connectivity index (χ2n) is 4.90. The first-order valence-electron chi connectivity index (χ1n) is 6.61. The minimum atomic E-state index is -0.333. The molecule has 0 aliphatic rings. The van der Waals surface area contributed by atoms with Gasteiger partial charge in [0.25, 0.3) is 5.91 Å². The molecule has 1 aromatic heterocycles. The monoisotopic (exact) mass is 283 g/mol. The SMILES string of the molecule is Cc1ccc2[nH]nc(C(=O)NCc3ccccc3F)c2c1. The first-order valence-corrected chi connectivity index (χ1v) is 6.61. The Morgan fingerprint density at radius 1 is 1.29 bits per heavy atom. The Balaban J connectivity index is 1.81. The molecule has 0 radical (unpaired) electrons. The number of aryl methyl sites for hydroxylation is 1. The van der Waals surface area contributed by atoms with Gasteiger partial charge in [0.05, 0.1) is 5.52 Å². The second-order valence-corrected chi connectivity index (χ2v) is 4.90. The number of H-pyrrole nitrogens is 1. The number of rotatable bonds is 3. The molecule has 106 valence electrons. The van der Waals surface area contributed by atoms with Gasteiger partial charge in [0.2, 0.25) is 0 Å². The molecule has 3 aromatic rings. The zero-order valence-corrected chi connectivity index (χ0v) is 11.5. The van der Waals surface area contributed by atoms with Crippen LogP contribution in [0.3, 0.4) is 0 Å². The zero-order valence-electron chi connectivity index (χ0n) is 11.5. The number of fused-ring (bicyclic) bond motifs is 1.